The van der Waals surface area contributed by atoms with Gasteiger partial charge in [0, 0.05) is 32.4 Å². The number of nitrogens with zero attached hydrogens (tertiary/aromatic N) is 3. The predicted molar refractivity (Wildman–Crippen MR) is 110 cm³/mol. The summed E-state index contributed by atoms with van der Waals surface area (Å²) >= 11 is 0. The van der Waals surface area contributed by atoms with Gasteiger partial charge in [-0.05, 0) is 62.6 Å². The zero-order valence-electron chi connectivity index (χ0n) is 17.3. The zero-order valence-corrected chi connectivity index (χ0v) is 18.1. The molecule has 0 aliphatic carbocycles. The van der Waals surface area contributed by atoms with Crippen molar-refractivity contribution in [3.8, 4) is 5.75 Å². The first-order chi connectivity index (χ1) is 14.5. The monoisotopic (exact) mass is 455 g/mol. The average molecular weight is 456 g/mol. The second-order valence-corrected chi connectivity index (χ2v) is 10.3. The normalized spacial score (nSPS) is 19.6. The maximum atomic E-state index is 13.3. The number of aromatic nitrogens is 1. The minimum Gasteiger partial charge on any atom is -0.488 e. The molecule has 2 aromatic rings. The van der Waals surface area contributed by atoms with Crippen molar-refractivity contribution >= 4 is 15.8 Å². The smallest absolute Gasteiger partial charge is 0.419 e. The van der Waals surface area contributed by atoms with Crippen LogP contribution >= 0.6 is 0 Å². The number of aryl methyl sites for hydroxylation is 1. The lowest BCUT2D eigenvalue weighted by Gasteiger charge is -2.36. The minimum atomic E-state index is -4.52. The Morgan fingerprint density at radius 1 is 1.10 bits per heavy atom. The van der Waals surface area contributed by atoms with Crippen LogP contribution in [0.5, 0.6) is 5.75 Å². The van der Waals surface area contributed by atoms with E-state index in [1.165, 1.54) is 27.5 Å². The Balaban J connectivity index is 1.51. The first-order valence-corrected chi connectivity index (χ1v) is 11.5. The highest BCUT2D eigenvalue weighted by Crippen LogP contribution is 2.37. The number of hydrogen-bond acceptors (Lipinski definition) is 5. The maximum absolute atomic E-state index is 13.3. The third-order valence-electron chi connectivity index (χ3n) is 5.68. The second-order valence-electron chi connectivity index (χ2n) is 8.39. The molecule has 3 heterocycles. The van der Waals surface area contributed by atoms with Crippen LogP contribution in [-0.4, -0.2) is 49.5 Å². The van der Waals surface area contributed by atoms with Crippen LogP contribution in [0.15, 0.2) is 41.4 Å². The van der Waals surface area contributed by atoms with Gasteiger partial charge in [0.15, 0.2) is 0 Å². The van der Waals surface area contributed by atoms with Crippen LogP contribution in [0.25, 0.3) is 0 Å². The third kappa shape index (κ3) is 4.36. The molecule has 0 amide bonds. The highest BCUT2D eigenvalue weighted by atomic mass is 32.2. The zero-order chi connectivity index (χ0) is 22.4. The molecule has 0 N–H and O–H groups in total. The molecule has 4 rings (SSSR count). The third-order valence-corrected chi connectivity index (χ3v) is 7.58. The van der Waals surface area contributed by atoms with Crippen LogP contribution in [0, 0.1) is 0 Å². The van der Waals surface area contributed by atoms with E-state index in [9.17, 15) is 21.6 Å². The summed E-state index contributed by atoms with van der Waals surface area (Å²) in [5, 5.41) is 0. The highest BCUT2D eigenvalue weighted by Gasteiger charge is 2.37. The van der Waals surface area contributed by atoms with E-state index in [0.29, 0.717) is 5.75 Å². The molecule has 168 valence electrons. The standard InChI is InChI=1S/C21H24F3N3O3S/c1-20(2)8-7-15-14-16(5-6-18(15)30-20)31(28,29)27-12-10-26(11-13-27)19-17(21(22,23)24)4-3-9-25-19/h3-6,9,14H,7-8,10-13H2,1-2H3. The van der Waals surface area contributed by atoms with E-state index in [0.717, 1.165) is 24.5 Å². The van der Waals surface area contributed by atoms with Gasteiger partial charge < -0.3 is 9.64 Å². The summed E-state index contributed by atoms with van der Waals surface area (Å²) in [6, 6.07) is 7.09. The average Bonchev–Trinajstić information content (AvgIpc) is 2.72. The van der Waals surface area contributed by atoms with Crippen molar-refractivity contribution < 1.29 is 26.3 Å². The lowest BCUT2D eigenvalue weighted by Crippen LogP contribution is -2.49. The summed E-state index contributed by atoms with van der Waals surface area (Å²) in [6.07, 6.45) is -1.70. The molecule has 0 radical (unpaired) electrons. The van der Waals surface area contributed by atoms with Gasteiger partial charge in [0.25, 0.3) is 0 Å². The second kappa shape index (κ2) is 7.67. The van der Waals surface area contributed by atoms with Crippen molar-refractivity contribution in [1.29, 1.82) is 0 Å². The number of hydrogen-bond donors (Lipinski definition) is 0. The van der Waals surface area contributed by atoms with Crippen LogP contribution in [0.1, 0.15) is 31.4 Å². The molecule has 1 aromatic carbocycles. The molecule has 1 fully saturated rings. The number of alkyl halides is 3. The Morgan fingerprint density at radius 3 is 2.48 bits per heavy atom. The van der Waals surface area contributed by atoms with Gasteiger partial charge >= 0.3 is 6.18 Å². The predicted octanol–water partition coefficient (Wildman–Crippen LogP) is 3.71. The van der Waals surface area contributed by atoms with Crippen molar-refractivity contribution in [2.24, 2.45) is 0 Å². The van der Waals surface area contributed by atoms with Crippen molar-refractivity contribution in [3.05, 3.63) is 47.7 Å². The first kappa shape index (κ1) is 21.9. The van der Waals surface area contributed by atoms with Crippen LogP contribution in [0.2, 0.25) is 0 Å². The van der Waals surface area contributed by atoms with Crippen molar-refractivity contribution in [2.75, 3.05) is 31.1 Å². The number of fused-ring (bicyclic) bond motifs is 1. The molecule has 2 aliphatic rings. The summed E-state index contributed by atoms with van der Waals surface area (Å²) in [5.74, 6) is 0.524. The van der Waals surface area contributed by atoms with Gasteiger partial charge in [-0.15, -0.1) is 0 Å². The molecule has 1 aromatic heterocycles. The van der Waals surface area contributed by atoms with E-state index in [1.54, 1.807) is 12.1 Å². The minimum absolute atomic E-state index is 0.0802. The highest BCUT2D eigenvalue weighted by molar-refractivity contribution is 7.89. The molecule has 0 atom stereocenters. The maximum Gasteiger partial charge on any atom is 0.419 e. The molecule has 31 heavy (non-hydrogen) atoms. The lowest BCUT2D eigenvalue weighted by molar-refractivity contribution is -0.137. The van der Waals surface area contributed by atoms with Crippen molar-refractivity contribution in [3.63, 3.8) is 0 Å². The summed E-state index contributed by atoms with van der Waals surface area (Å²) < 4.78 is 73.4. The fourth-order valence-corrected chi connectivity index (χ4v) is 5.43. The van der Waals surface area contributed by atoms with E-state index in [-0.39, 0.29) is 42.5 Å². The fourth-order valence-electron chi connectivity index (χ4n) is 3.96. The van der Waals surface area contributed by atoms with E-state index < -0.39 is 21.8 Å². The number of sulfonamides is 1. The van der Waals surface area contributed by atoms with Gasteiger partial charge in [0.1, 0.15) is 17.2 Å². The Hall–Kier alpha value is -2.33. The molecule has 10 heteroatoms. The Morgan fingerprint density at radius 2 is 1.81 bits per heavy atom. The Labute approximate surface area is 179 Å². The first-order valence-electron chi connectivity index (χ1n) is 10.1. The van der Waals surface area contributed by atoms with Gasteiger partial charge in [-0.25, -0.2) is 13.4 Å². The molecule has 0 saturated carbocycles. The molecular weight excluding hydrogens is 431 g/mol. The number of ether oxygens (including phenoxy) is 1. The molecule has 0 spiro atoms. The summed E-state index contributed by atoms with van der Waals surface area (Å²) in [4.78, 5) is 5.56. The molecule has 1 saturated heterocycles. The van der Waals surface area contributed by atoms with Crippen LogP contribution < -0.4 is 9.64 Å². The van der Waals surface area contributed by atoms with E-state index >= 15 is 0 Å². The van der Waals surface area contributed by atoms with Crippen LogP contribution in [0.3, 0.4) is 0 Å². The SMILES string of the molecule is CC1(C)CCc2cc(S(=O)(=O)N3CCN(c4ncccc4C(F)(F)F)CC3)ccc2O1. The quantitative estimate of drug-likeness (QED) is 0.706. The Bertz CT molecular complexity index is 1080. The van der Waals surface area contributed by atoms with Gasteiger partial charge in [0.2, 0.25) is 10.0 Å². The lowest BCUT2D eigenvalue weighted by atomic mass is 9.94. The molecule has 2 aliphatic heterocycles. The number of pyridine rings is 1. The summed E-state index contributed by atoms with van der Waals surface area (Å²) in [5.41, 5.74) is -0.254. The van der Waals surface area contributed by atoms with E-state index in [1.807, 2.05) is 13.8 Å². The molecule has 0 unspecified atom stereocenters. The number of halogens is 3. The molecular formula is C21H24F3N3O3S. The van der Waals surface area contributed by atoms with Crippen LogP contribution in [-0.2, 0) is 22.6 Å². The van der Waals surface area contributed by atoms with Crippen molar-refractivity contribution in [2.45, 2.75) is 43.4 Å². The number of piperazine rings is 1. The van der Waals surface area contributed by atoms with Gasteiger partial charge in [-0.2, -0.15) is 17.5 Å². The Kier molecular flexibility index (Phi) is 5.41. The van der Waals surface area contributed by atoms with Crippen molar-refractivity contribution in [1.82, 2.24) is 9.29 Å². The number of benzene rings is 1. The summed E-state index contributed by atoms with van der Waals surface area (Å²) in [7, 11) is -3.76. The van der Waals surface area contributed by atoms with E-state index in [2.05, 4.69) is 4.98 Å². The largest absolute Gasteiger partial charge is 0.488 e. The van der Waals surface area contributed by atoms with Gasteiger partial charge in [-0.1, -0.05) is 0 Å². The molecule has 6 nitrogen and oxygen atoms in total. The van der Waals surface area contributed by atoms with Gasteiger partial charge in [0.05, 0.1) is 10.5 Å². The summed E-state index contributed by atoms with van der Waals surface area (Å²) in [6.45, 7) is 4.40. The van der Waals surface area contributed by atoms with Gasteiger partial charge in [-0.3, -0.25) is 0 Å². The van der Waals surface area contributed by atoms with E-state index in [4.69, 9.17) is 4.74 Å². The number of rotatable bonds is 3. The fraction of sp³-hybridized carbons (Fsp3) is 0.476. The van der Waals surface area contributed by atoms with Crippen LogP contribution in [0.4, 0.5) is 19.0 Å². The topological polar surface area (TPSA) is 62.7 Å². The molecule has 0 bridgehead atoms. The number of anilines is 1.